The molecule has 8 nitrogen and oxygen atoms in total. The van der Waals surface area contributed by atoms with Gasteiger partial charge in [0.15, 0.2) is 5.82 Å². The molecule has 54 heavy (non-hydrogen) atoms. The van der Waals surface area contributed by atoms with Crippen molar-refractivity contribution < 1.29 is 13.9 Å². The van der Waals surface area contributed by atoms with E-state index >= 15 is 4.39 Å². The highest BCUT2D eigenvalue weighted by Crippen LogP contribution is 2.51. The Kier molecular flexibility index (Phi) is 9.08. The molecule has 1 N–H and O–H groups in total. The summed E-state index contributed by atoms with van der Waals surface area (Å²) in [5.41, 5.74) is 5.42. The zero-order valence-electron chi connectivity index (χ0n) is 29.5. The van der Waals surface area contributed by atoms with Gasteiger partial charge in [-0.15, -0.1) is 0 Å². The van der Waals surface area contributed by atoms with Gasteiger partial charge in [-0.25, -0.2) is 9.37 Å². The molecule has 3 aliphatic heterocycles. The normalized spacial score (nSPS) is 23.2. The van der Waals surface area contributed by atoms with Gasteiger partial charge in [-0.2, -0.15) is 10.5 Å². The fourth-order valence-corrected chi connectivity index (χ4v) is 9.66. The quantitative estimate of drug-likeness (QED) is 0.160. The summed E-state index contributed by atoms with van der Waals surface area (Å²) >= 11 is 19.3. The standard InChI is InChI=1S/C42H36Cl3FN6O2/c1-21-30-16-35(34-15-28(19-51(34)42(53)22-7-8-22)54-20-24-9-10-27(43)12-25(24)17-48)52(40-26-14-33(40)49-18-26)41(30)31-13-23(4-3-11-47)36(38(46)39(31)50-21)29-5-2-6-32(44)37(29)45/h2,5-6,9-10,12-13,16,22,26,28,33-34,40,49H,3-4,7-8,14-15,18-20H2,1H3. The number of amides is 1. The molecule has 2 aromatic heterocycles. The topological polar surface area (TPSA) is 107 Å². The molecule has 2 saturated carbocycles. The number of hydrogen-bond acceptors (Lipinski definition) is 6. The third-order valence-corrected chi connectivity index (χ3v) is 13.0. The van der Waals surface area contributed by atoms with Gasteiger partial charge in [-0.3, -0.25) is 4.79 Å². The van der Waals surface area contributed by atoms with Crippen LogP contribution in [0.1, 0.15) is 72.3 Å². The van der Waals surface area contributed by atoms with E-state index in [9.17, 15) is 15.3 Å². The molecular formula is C42H36Cl3FN6O2. The second-order valence-corrected chi connectivity index (χ2v) is 16.4. The molecule has 5 unspecified atom stereocenters. The van der Waals surface area contributed by atoms with Crippen LogP contribution in [0.3, 0.4) is 0 Å². The van der Waals surface area contributed by atoms with Crippen LogP contribution in [0.4, 0.5) is 4.39 Å². The van der Waals surface area contributed by atoms with Gasteiger partial charge in [0.25, 0.3) is 0 Å². The Morgan fingerprint density at radius 1 is 1.07 bits per heavy atom. The van der Waals surface area contributed by atoms with Gasteiger partial charge in [0.05, 0.1) is 58.1 Å². The number of nitrogens with zero attached hydrogens (tertiary/aromatic N) is 5. The predicted octanol–water partition coefficient (Wildman–Crippen LogP) is 9.39. The number of aryl methyl sites for hydroxylation is 2. The number of rotatable bonds is 9. The van der Waals surface area contributed by atoms with Crippen LogP contribution >= 0.6 is 34.8 Å². The van der Waals surface area contributed by atoms with Crippen molar-refractivity contribution in [2.75, 3.05) is 13.1 Å². The average molecular weight is 782 g/mol. The monoisotopic (exact) mass is 780 g/mol. The summed E-state index contributed by atoms with van der Waals surface area (Å²) in [6, 6.07) is 19.0. The highest BCUT2D eigenvalue weighted by atomic mass is 35.5. The minimum Gasteiger partial charge on any atom is -0.372 e. The second kappa shape index (κ2) is 13.8. The Labute approximate surface area is 327 Å². The lowest BCUT2D eigenvalue weighted by Gasteiger charge is -2.39. The van der Waals surface area contributed by atoms with Crippen LogP contribution in [0.2, 0.25) is 15.1 Å². The number of halogens is 4. The van der Waals surface area contributed by atoms with Crippen LogP contribution in [0.15, 0.2) is 48.5 Å². The highest BCUT2D eigenvalue weighted by molar-refractivity contribution is 6.43. The number of likely N-dealkylation sites (tertiary alicyclic amines) is 1. The van der Waals surface area contributed by atoms with Crippen molar-refractivity contribution in [2.24, 2.45) is 11.8 Å². The first-order valence-corrected chi connectivity index (χ1v) is 19.6. The lowest BCUT2D eigenvalue weighted by molar-refractivity contribution is -0.134. The Balaban J connectivity index is 1.21. The first kappa shape index (κ1) is 35.5. The number of aromatic nitrogens is 2. The van der Waals surface area contributed by atoms with Crippen molar-refractivity contribution in [3.63, 3.8) is 0 Å². The second-order valence-electron chi connectivity index (χ2n) is 15.1. The molecule has 0 radical (unpaired) electrons. The molecule has 5 heterocycles. The van der Waals surface area contributed by atoms with Crippen molar-refractivity contribution in [2.45, 2.75) is 76.3 Å². The van der Waals surface area contributed by atoms with Crippen LogP contribution in [0.25, 0.3) is 32.9 Å². The minimum atomic E-state index is -0.502. The lowest BCUT2D eigenvalue weighted by Crippen LogP contribution is -2.41. The van der Waals surface area contributed by atoms with E-state index in [-0.39, 0.29) is 59.6 Å². The summed E-state index contributed by atoms with van der Waals surface area (Å²) in [6.45, 7) is 3.45. The molecule has 2 bridgehead atoms. The molecule has 0 spiro atoms. The summed E-state index contributed by atoms with van der Waals surface area (Å²) in [4.78, 5) is 21.0. The number of ether oxygens (including phenoxy) is 1. The molecular weight excluding hydrogens is 746 g/mol. The van der Waals surface area contributed by atoms with Gasteiger partial charge in [-0.05, 0) is 80.0 Å². The van der Waals surface area contributed by atoms with Crippen molar-refractivity contribution in [3.8, 4) is 23.3 Å². The van der Waals surface area contributed by atoms with Crippen LogP contribution in [0.5, 0.6) is 0 Å². The van der Waals surface area contributed by atoms with Gasteiger partial charge in [-0.1, -0.05) is 53.0 Å². The third kappa shape index (κ3) is 5.84. The number of nitriles is 2. The Bertz CT molecular complexity index is 2450. The Morgan fingerprint density at radius 2 is 1.91 bits per heavy atom. The molecule has 5 fully saturated rings. The fraction of sp³-hybridized carbons (Fsp3) is 0.381. The molecule has 274 valence electrons. The zero-order valence-corrected chi connectivity index (χ0v) is 31.8. The predicted molar refractivity (Wildman–Crippen MR) is 207 cm³/mol. The van der Waals surface area contributed by atoms with E-state index in [4.69, 9.17) is 44.5 Å². The summed E-state index contributed by atoms with van der Waals surface area (Å²) in [7, 11) is 0. The van der Waals surface area contributed by atoms with Gasteiger partial charge >= 0.3 is 0 Å². The molecule has 1 amide bonds. The largest absolute Gasteiger partial charge is 0.372 e. The maximum absolute atomic E-state index is 17.2. The summed E-state index contributed by atoms with van der Waals surface area (Å²) in [5, 5.41) is 25.7. The van der Waals surface area contributed by atoms with E-state index in [1.54, 1.807) is 30.3 Å². The van der Waals surface area contributed by atoms with Gasteiger partial charge in [0.1, 0.15) is 5.52 Å². The van der Waals surface area contributed by atoms with Gasteiger partial charge < -0.3 is 19.5 Å². The van der Waals surface area contributed by atoms with E-state index in [0.717, 1.165) is 48.0 Å². The Morgan fingerprint density at radius 3 is 2.63 bits per heavy atom. The molecule has 10 rings (SSSR count). The number of carbonyl (C=O) groups is 1. The van der Waals surface area contributed by atoms with Crippen molar-refractivity contribution in [3.05, 3.63) is 97.5 Å². The lowest BCUT2D eigenvalue weighted by atomic mass is 9.79. The van der Waals surface area contributed by atoms with E-state index in [1.807, 2.05) is 24.0 Å². The van der Waals surface area contributed by atoms with Gasteiger partial charge in [0.2, 0.25) is 5.91 Å². The molecule has 5 atom stereocenters. The van der Waals surface area contributed by atoms with Crippen LogP contribution < -0.4 is 5.32 Å². The first-order valence-electron chi connectivity index (χ1n) is 18.5. The molecule has 12 heteroatoms. The smallest absolute Gasteiger partial charge is 0.226 e. The van der Waals surface area contributed by atoms with E-state index in [2.05, 4.69) is 28.1 Å². The molecule has 2 aliphatic carbocycles. The average Bonchev–Trinajstić information content (AvgIpc) is 3.45. The fourth-order valence-electron chi connectivity index (χ4n) is 9.09. The van der Waals surface area contributed by atoms with Crippen LogP contribution in [0, 0.1) is 47.2 Å². The molecule has 3 saturated heterocycles. The number of pyridine rings is 1. The van der Waals surface area contributed by atoms with Gasteiger partial charge in [0, 0.05) is 76.2 Å². The minimum absolute atomic E-state index is 0.00448. The van der Waals surface area contributed by atoms with Crippen molar-refractivity contribution >= 4 is 62.5 Å². The highest BCUT2D eigenvalue weighted by Gasteiger charge is 2.51. The number of hydrogen-bond donors (Lipinski definition) is 1. The van der Waals surface area contributed by atoms with Crippen LogP contribution in [-0.2, 0) is 22.6 Å². The number of nitrogens with one attached hydrogen (secondary N) is 1. The molecule has 5 aromatic rings. The summed E-state index contributed by atoms with van der Waals surface area (Å²) < 4.78 is 26.1. The van der Waals surface area contributed by atoms with E-state index in [0.29, 0.717) is 68.7 Å². The number of fused-ring (bicyclic) bond motifs is 4. The molecule has 5 aliphatic rings. The number of carbonyl (C=O) groups excluding carboxylic acids is 1. The van der Waals surface area contributed by atoms with E-state index in [1.165, 1.54) is 0 Å². The van der Waals surface area contributed by atoms with Crippen LogP contribution in [-0.4, -0.2) is 45.6 Å². The summed E-state index contributed by atoms with van der Waals surface area (Å²) in [5.74, 6) is 0.0207. The first-order chi connectivity index (χ1) is 26.2. The van der Waals surface area contributed by atoms with Crippen molar-refractivity contribution in [1.82, 2.24) is 19.8 Å². The maximum Gasteiger partial charge on any atom is 0.226 e. The van der Waals surface area contributed by atoms with E-state index < -0.39 is 5.82 Å². The van der Waals surface area contributed by atoms with Crippen molar-refractivity contribution in [1.29, 1.82) is 10.5 Å². The third-order valence-electron chi connectivity index (χ3n) is 11.9. The zero-order chi connectivity index (χ0) is 37.4. The summed E-state index contributed by atoms with van der Waals surface area (Å²) in [6.07, 6.45) is 3.61. The SMILES string of the molecule is Cc1nc2c(F)c(-c3cccc(Cl)c3Cl)c(CCC#N)cc2c2c1cc(C1CC(OCc3ccc(Cl)cc3C#N)CN1C(=O)C1CC1)n2C1C2CNC1C2. The molecule has 3 aromatic carbocycles. The number of benzene rings is 3. The Hall–Kier alpha value is -4.22. The maximum atomic E-state index is 17.2.